The average molecular weight is 341 g/mol. The van der Waals surface area contributed by atoms with E-state index in [-0.39, 0.29) is 6.04 Å². The minimum atomic E-state index is 0.150. The molecule has 3 nitrogen and oxygen atoms in total. The fraction of sp³-hybridized carbons (Fsp3) is 0.286. The summed E-state index contributed by atoms with van der Waals surface area (Å²) in [5.41, 5.74) is 2.06. The molecule has 5 heteroatoms. The molecule has 0 amide bonds. The summed E-state index contributed by atoms with van der Waals surface area (Å²) in [6, 6.07) is 8.36. The zero-order valence-corrected chi connectivity index (χ0v) is 13.4. The molecule has 1 N–H and O–H groups in total. The second kappa shape index (κ2) is 5.88. The van der Waals surface area contributed by atoms with Gasteiger partial charge in [-0.25, -0.2) is 9.97 Å². The third-order valence-corrected chi connectivity index (χ3v) is 3.82. The summed E-state index contributed by atoms with van der Waals surface area (Å²) in [4.78, 5) is 8.53. The molecule has 1 aromatic heterocycles. The topological polar surface area (TPSA) is 37.8 Å². The summed E-state index contributed by atoms with van der Waals surface area (Å²) >= 11 is 9.51. The van der Waals surface area contributed by atoms with Crippen LogP contribution in [0.3, 0.4) is 0 Å². The molecule has 0 fully saturated rings. The molecule has 0 aliphatic heterocycles. The number of hydrogen-bond acceptors (Lipinski definition) is 3. The molecule has 1 atom stereocenters. The van der Waals surface area contributed by atoms with Gasteiger partial charge in [0.05, 0.1) is 0 Å². The first-order valence-electron chi connectivity index (χ1n) is 6.00. The van der Waals surface area contributed by atoms with E-state index >= 15 is 0 Å². The van der Waals surface area contributed by atoms with Crippen LogP contribution < -0.4 is 5.32 Å². The van der Waals surface area contributed by atoms with Crippen molar-refractivity contribution in [3.05, 3.63) is 50.8 Å². The van der Waals surface area contributed by atoms with Gasteiger partial charge < -0.3 is 5.32 Å². The molecule has 0 spiro atoms. The van der Waals surface area contributed by atoms with Crippen LogP contribution in [0.5, 0.6) is 0 Å². The lowest BCUT2D eigenvalue weighted by molar-refractivity contribution is 0.862. The van der Waals surface area contributed by atoms with E-state index in [0.717, 1.165) is 15.9 Å². The molecule has 0 saturated carbocycles. The van der Waals surface area contributed by atoms with Crippen LogP contribution in [0.2, 0.25) is 5.15 Å². The Morgan fingerprint density at radius 1 is 1.16 bits per heavy atom. The highest BCUT2D eigenvalue weighted by molar-refractivity contribution is 9.10. The van der Waals surface area contributed by atoms with Gasteiger partial charge in [0.15, 0.2) is 0 Å². The maximum absolute atomic E-state index is 6.07. The van der Waals surface area contributed by atoms with Crippen molar-refractivity contribution in [1.29, 1.82) is 0 Å². The van der Waals surface area contributed by atoms with E-state index in [4.69, 9.17) is 11.6 Å². The molecule has 0 aliphatic rings. The van der Waals surface area contributed by atoms with Crippen molar-refractivity contribution in [1.82, 2.24) is 9.97 Å². The van der Waals surface area contributed by atoms with Gasteiger partial charge in [0.25, 0.3) is 0 Å². The number of nitrogens with zero attached hydrogens (tertiary/aromatic N) is 2. The highest BCUT2D eigenvalue weighted by atomic mass is 79.9. The third kappa shape index (κ3) is 3.45. The van der Waals surface area contributed by atoms with Crippen molar-refractivity contribution in [2.75, 3.05) is 5.32 Å². The monoisotopic (exact) mass is 339 g/mol. The van der Waals surface area contributed by atoms with Crippen molar-refractivity contribution >= 4 is 33.3 Å². The molecule has 100 valence electrons. The number of anilines is 1. The largest absolute Gasteiger partial charge is 0.363 e. The first kappa shape index (κ1) is 14.3. The average Bonchev–Trinajstić information content (AvgIpc) is 2.36. The number of halogens is 2. The Balaban J connectivity index is 2.23. The standard InChI is InChI=1S/C14H15BrClN3/c1-8-13(16)18-10(3)19-14(8)17-9(2)11-4-6-12(15)7-5-11/h4-7,9H,1-3H3,(H,17,18,19). The molecule has 19 heavy (non-hydrogen) atoms. The Hall–Kier alpha value is -1.13. The zero-order chi connectivity index (χ0) is 14.0. The van der Waals surface area contributed by atoms with Gasteiger partial charge in [-0.15, -0.1) is 0 Å². The molecule has 1 heterocycles. The summed E-state index contributed by atoms with van der Waals surface area (Å²) in [6.45, 7) is 5.84. The Bertz CT molecular complexity index is 584. The van der Waals surface area contributed by atoms with Crippen LogP contribution >= 0.6 is 27.5 Å². The SMILES string of the molecule is Cc1nc(Cl)c(C)c(NC(C)c2ccc(Br)cc2)n1. The number of benzene rings is 1. The van der Waals surface area contributed by atoms with Gasteiger partial charge in [-0.3, -0.25) is 0 Å². The highest BCUT2D eigenvalue weighted by Crippen LogP contribution is 2.25. The van der Waals surface area contributed by atoms with E-state index in [1.54, 1.807) is 0 Å². The van der Waals surface area contributed by atoms with Gasteiger partial charge in [0, 0.05) is 16.1 Å². The van der Waals surface area contributed by atoms with Crippen molar-refractivity contribution < 1.29 is 0 Å². The van der Waals surface area contributed by atoms with E-state index in [0.29, 0.717) is 11.0 Å². The molecule has 2 rings (SSSR count). The van der Waals surface area contributed by atoms with E-state index in [2.05, 4.69) is 50.3 Å². The zero-order valence-electron chi connectivity index (χ0n) is 11.0. The van der Waals surface area contributed by atoms with Gasteiger partial charge in [0.2, 0.25) is 0 Å². The van der Waals surface area contributed by atoms with Crippen LogP contribution in [0, 0.1) is 13.8 Å². The molecule has 0 radical (unpaired) electrons. The van der Waals surface area contributed by atoms with Crippen molar-refractivity contribution in [3.63, 3.8) is 0 Å². The molecule has 2 aromatic rings. The molecule has 1 unspecified atom stereocenters. The van der Waals surface area contributed by atoms with Crippen LogP contribution in [-0.2, 0) is 0 Å². The molecule has 0 saturated heterocycles. The van der Waals surface area contributed by atoms with Crippen LogP contribution in [0.25, 0.3) is 0 Å². The smallest absolute Gasteiger partial charge is 0.137 e. The lowest BCUT2D eigenvalue weighted by Gasteiger charge is -2.17. The molecule has 0 bridgehead atoms. The first-order valence-corrected chi connectivity index (χ1v) is 7.17. The maximum Gasteiger partial charge on any atom is 0.137 e. The maximum atomic E-state index is 6.07. The fourth-order valence-electron chi connectivity index (χ4n) is 1.77. The van der Waals surface area contributed by atoms with E-state index in [1.807, 2.05) is 26.0 Å². The predicted octanol–water partition coefficient (Wildman–Crippen LogP) is 4.68. The van der Waals surface area contributed by atoms with Crippen molar-refractivity contribution in [2.24, 2.45) is 0 Å². The Kier molecular flexibility index (Phi) is 4.42. The van der Waals surface area contributed by atoms with E-state index < -0.39 is 0 Å². The van der Waals surface area contributed by atoms with Crippen LogP contribution in [0.4, 0.5) is 5.82 Å². The van der Waals surface area contributed by atoms with Crippen molar-refractivity contribution in [3.8, 4) is 0 Å². The molecular formula is C14H15BrClN3. The predicted molar refractivity (Wildman–Crippen MR) is 82.7 cm³/mol. The number of nitrogens with one attached hydrogen (secondary N) is 1. The Labute approximate surface area is 126 Å². The summed E-state index contributed by atoms with van der Waals surface area (Å²) in [7, 11) is 0. The molecule has 0 aliphatic carbocycles. The number of hydrogen-bond donors (Lipinski definition) is 1. The molecule has 1 aromatic carbocycles. The highest BCUT2D eigenvalue weighted by Gasteiger charge is 2.11. The van der Waals surface area contributed by atoms with Gasteiger partial charge in [-0.05, 0) is 38.5 Å². The number of aryl methyl sites for hydroxylation is 1. The lowest BCUT2D eigenvalue weighted by Crippen LogP contribution is -2.10. The minimum Gasteiger partial charge on any atom is -0.363 e. The van der Waals surface area contributed by atoms with Gasteiger partial charge in [-0.1, -0.05) is 39.7 Å². The Morgan fingerprint density at radius 2 is 1.79 bits per heavy atom. The Morgan fingerprint density at radius 3 is 2.42 bits per heavy atom. The normalized spacial score (nSPS) is 12.3. The van der Waals surface area contributed by atoms with E-state index in [9.17, 15) is 0 Å². The summed E-state index contributed by atoms with van der Waals surface area (Å²) in [5.74, 6) is 1.45. The van der Waals surface area contributed by atoms with Crippen LogP contribution in [0.1, 0.15) is 29.9 Å². The third-order valence-electron chi connectivity index (χ3n) is 2.92. The van der Waals surface area contributed by atoms with Gasteiger partial charge >= 0.3 is 0 Å². The van der Waals surface area contributed by atoms with Gasteiger partial charge in [0.1, 0.15) is 16.8 Å². The second-order valence-corrected chi connectivity index (χ2v) is 5.73. The number of aromatic nitrogens is 2. The van der Waals surface area contributed by atoms with Crippen LogP contribution in [-0.4, -0.2) is 9.97 Å². The summed E-state index contributed by atoms with van der Waals surface area (Å²) in [6.07, 6.45) is 0. The van der Waals surface area contributed by atoms with E-state index in [1.165, 1.54) is 5.56 Å². The first-order chi connectivity index (χ1) is 8.97. The minimum absolute atomic E-state index is 0.150. The summed E-state index contributed by atoms with van der Waals surface area (Å²) in [5, 5.41) is 3.87. The van der Waals surface area contributed by atoms with Crippen molar-refractivity contribution in [2.45, 2.75) is 26.8 Å². The number of rotatable bonds is 3. The van der Waals surface area contributed by atoms with Crippen LogP contribution in [0.15, 0.2) is 28.7 Å². The summed E-state index contributed by atoms with van der Waals surface area (Å²) < 4.78 is 1.07. The lowest BCUT2D eigenvalue weighted by atomic mass is 10.1. The van der Waals surface area contributed by atoms with Gasteiger partial charge in [-0.2, -0.15) is 0 Å². The fourth-order valence-corrected chi connectivity index (χ4v) is 2.25. The molecular weight excluding hydrogens is 326 g/mol. The second-order valence-electron chi connectivity index (χ2n) is 4.45. The quantitative estimate of drug-likeness (QED) is 0.824.